The minimum absolute atomic E-state index is 0.0193. The average molecular weight is 773 g/mol. The van der Waals surface area contributed by atoms with Crippen LogP contribution in [0.25, 0.3) is 33.7 Å². The summed E-state index contributed by atoms with van der Waals surface area (Å²) in [5.74, 6) is -5.20. The van der Waals surface area contributed by atoms with Gasteiger partial charge >= 0.3 is 12.4 Å². The number of amides is 1. The number of benzene rings is 3. The second-order valence-electron chi connectivity index (χ2n) is 11.1. The lowest BCUT2D eigenvalue weighted by molar-refractivity contribution is -0.146. The Balaban J connectivity index is 0.000000203. The molecule has 0 spiro atoms. The molecule has 13 nitrogen and oxygen atoms in total. The number of imidazole rings is 2. The zero-order chi connectivity index (χ0) is 39.7. The maximum absolute atomic E-state index is 13.8. The van der Waals surface area contributed by atoms with Gasteiger partial charge in [0.1, 0.15) is 34.5 Å². The van der Waals surface area contributed by atoms with Crippen LogP contribution in [-0.2, 0) is 12.4 Å². The summed E-state index contributed by atoms with van der Waals surface area (Å²) < 4.78 is 120. The Morgan fingerprint density at radius 3 is 1.75 bits per heavy atom. The van der Waals surface area contributed by atoms with Crippen molar-refractivity contribution >= 4 is 39.6 Å². The molecule has 0 aliphatic rings. The quantitative estimate of drug-likeness (QED) is 0.159. The number of nitrogens with one attached hydrogen (secondary N) is 1. The molecule has 4 aromatic heterocycles. The van der Waals surface area contributed by atoms with Gasteiger partial charge in [0.2, 0.25) is 11.6 Å². The van der Waals surface area contributed by atoms with Gasteiger partial charge in [0, 0.05) is 12.1 Å². The van der Waals surface area contributed by atoms with Crippen LogP contribution in [0.2, 0.25) is 0 Å². The molecule has 0 unspecified atom stereocenters. The van der Waals surface area contributed by atoms with Gasteiger partial charge in [-0.25, -0.2) is 38.7 Å². The van der Waals surface area contributed by atoms with Crippen molar-refractivity contribution in [2.45, 2.75) is 19.3 Å². The molecule has 0 radical (unpaired) electrons. The summed E-state index contributed by atoms with van der Waals surface area (Å²) >= 11 is 0. The highest BCUT2D eigenvalue weighted by molar-refractivity contribution is 6.04. The van der Waals surface area contributed by atoms with Gasteiger partial charge in [-0.15, -0.1) is 0 Å². The monoisotopic (exact) mass is 772 g/mol. The number of halogens is 8. The van der Waals surface area contributed by atoms with E-state index in [1.807, 2.05) is 0 Å². The molecule has 0 aliphatic heterocycles. The zero-order valence-electron chi connectivity index (χ0n) is 28.1. The normalized spacial score (nSPS) is 11.7. The van der Waals surface area contributed by atoms with Crippen molar-refractivity contribution in [2.75, 3.05) is 24.8 Å². The summed E-state index contributed by atoms with van der Waals surface area (Å²) in [5, 5.41) is 2.16. The zero-order valence-corrected chi connectivity index (χ0v) is 28.1. The number of carbonyl (C=O) groups excluding carboxylic acids is 1. The van der Waals surface area contributed by atoms with Gasteiger partial charge < -0.3 is 20.5 Å². The number of carbonyl (C=O) groups is 1. The second kappa shape index (κ2) is 14.8. The maximum atomic E-state index is 13.8. The van der Waals surface area contributed by atoms with E-state index >= 15 is 0 Å². The van der Waals surface area contributed by atoms with Gasteiger partial charge in [-0.2, -0.15) is 26.3 Å². The molecule has 0 aliphatic carbocycles. The van der Waals surface area contributed by atoms with Crippen molar-refractivity contribution in [2.24, 2.45) is 0 Å². The lowest BCUT2D eigenvalue weighted by Gasteiger charge is -2.11. The Morgan fingerprint density at radius 2 is 1.27 bits per heavy atom. The molecule has 0 atom stereocenters. The lowest BCUT2D eigenvalue weighted by atomic mass is 10.2. The molecule has 55 heavy (non-hydrogen) atoms. The number of ether oxygens (including phenoxy) is 2. The number of alkyl halides is 6. The number of fused-ring (bicyclic) bond motifs is 2. The van der Waals surface area contributed by atoms with Crippen LogP contribution in [0.15, 0.2) is 79.4 Å². The fourth-order valence-corrected chi connectivity index (χ4v) is 5.19. The summed E-state index contributed by atoms with van der Waals surface area (Å²) in [6.45, 7) is 2.06. The van der Waals surface area contributed by atoms with Crippen molar-refractivity contribution in [3.8, 4) is 23.1 Å². The summed E-state index contributed by atoms with van der Waals surface area (Å²) in [7, 11) is 1.42. The molecular weight excluding hydrogens is 748 g/mol. The van der Waals surface area contributed by atoms with E-state index in [1.54, 1.807) is 13.0 Å². The highest BCUT2D eigenvalue weighted by atomic mass is 19.4. The summed E-state index contributed by atoms with van der Waals surface area (Å²) in [5.41, 5.74) is 5.11. The third kappa shape index (κ3) is 7.89. The first-order chi connectivity index (χ1) is 26.1. The highest BCUT2D eigenvalue weighted by Gasteiger charge is 2.39. The van der Waals surface area contributed by atoms with Crippen LogP contribution in [0, 0.1) is 11.6 Å². The molecule has 284 valence electrons. The Kier molecular flexibility index (Phi) is 10.2. The molecule has 7 rings (SSSR count). The Labute approximate surface area is 303 Å². The first kappa shape index (κ1) is 37.8. The van der Waals surface area contributed by atoms with E-state index in [4.69, 9.17) is 15.2 Å². The Morgan fingerprint density at radius 1 is 0.745 bits per heavy atom. The van der Waals surface area contributed by atoms with E-state index in [1.165, 1.54) is 43.6 Å². The molecule has 4 heterocycles. The van der Waals surface area contributed by atoms with Gasteiger partial charge in [-0.3, -0.25) is 13.9 Å². The topological polar surface area (TPSA) is 161 Å². The SMILES string of the molecule is CCOc1ccc2c(c1)nc(C(F)(F)F)n2-c1cnc(NC(=O)c2c(F)cccc2F)cn1.COc1ccc2c(c1)nc(C(F)(F)F)n2-c1cnc(N)cn1. The van der Waals surface area contributed by atoms with Crippen molar-refractivity contribution in [1.82, 2.24) is 39.0 Å². The predicted molar refractivity (Wildman–Crippen MR) is 180 cm³/mol. The Hall–Kier alpha value is -6.93. The van der Waals surface area contributed by atoms with Crippen molar-refractivity contribution in [1.29, 1.82) is 0 Å². The van der Waals surface area contributed by atoms with Crippen LogP contribution in [0.1, 0.15) is 28.9 Å². The first-order valence-corrected chi connectivity index (χ1v) is 15.6. The first-order valence-electron chi connectivity index (χ1n) is 15.6. The summed E-state index contributed by atoms with van der Waals surface area (Å²) in [6, 6.07) is 11.6. The molecule has 0 fully saturated rings. The number of methoxy groups -OCH3 is 1. The molecule has 7 aromatic rings. The number of hydrogen-bond donors (Lipinski definition) is 2. The van der Waals surface area contributed by atoms with E-state index in [2.05, 4.69) is 35.2 Å². The number of rotatable bonds is 7. The maximum Gasteiger partial charge on any atom is 0.450 e. The smallest absolute Gasteiger partial charge is 0.450 e. The van der Waals surface area contributed by atoms with Crippen LogP contribution in [0.5, 0.6) is 11.5 Å². The van der Waals surface area contributed by atoms with E-state index in [-0.39, 0.29) is 45.3 Å². The van der Waals surface area contributed by atoms with E-state index in [0.29, 0.717) is 18.1 Å². The number of nitrogens with two attached hydrogens (primary N) is 1. The van der Waals surface area contributed by atoms with Crippen LogP contribution in [0.4, 0.5) is 46.8 Å². The lowest BCUT2D eigenvalue weighted by Crippen LogP contribution is -2.18. The largest absolute Gasteiger partial charge is 0.497 e. The fraction of sp³-hybridized carbons (Fsp3) is 0.147. The number of nitrogen functional groups attached to an aromatic ring is 1. The Bertz CT molecular complexity index is 2480. The number of nitrogens with zero attached hydrogens (tertiary/aromatic N) is 8. The van der Waals surface area contributed by atoms with Gasteiger partial charge in [-0.1, -0.05) is 6.07 Å². The molecule has 3 N–H and O–H groups in total. The molecule has 3 aromatic carbocycles. The van der Waals surface area contributed by atoms with Gasteiger partial charge in [0.05, 0.1) is 60.6 Å². The van der Waals surface area contributed by atoms with E-state index in [0.717, 1.165) is 45.9 Å². The molecule has 21 heteroatoms. The minimum atomic E-state index is -4.80. The van der Waals surface area contributed by atoms with Crippen molar-refractivity contribution in [3.63, 3.8) is 0 Å². The fourth-order valence-electron chi connectivity index (χ4n) is 5.19. The van der Waals surface area contributed by atoms with Gasteiger partial charge in [-0.05, 0) is 43.3 Å². The highest BCUT2D eigenvalue weighted by Crippen LogP contribution is 2.36. The van der Waals surface area contributed by atoms with Crippen LogP contribution in [-0.4, -0.2) is 58.7 Å². The summed E-state index contributed by atoms with van der Waals surface area (Å²) in [4.78, 5) is 34.9. The predicted octanol–water partition coefficient (Wildman–Crippen LogP) is 7.19. The minimum Gasteiger partial charge on any atom is -0.497 e. The van der Waals surface area contributed by atoms with E-state index in [9.17, 15) is 39.9 Å². The van der Waals surface area contributed by atoms with E-state index < -0.39 is 47.1 Å². The van der Waals surface area contributed by atoms with Crippen LogP contribution >= 0.6 is 0 Å². The molecular formula is C34H24F8N10O3. The standard InChI is InChI=1S/C21H14F5N5O2.C13H10F3N5O/c1-2-33-11-6-7-15-14(8-11)29-20(21(24,25)26)31(15)17-10-27-16(9-28-17)30-19(32)18-12(22)4-3-5-13(18)23;1-22-7-2-3-9-8(4-7)20-12(13(14,15)16)21(9)11-6-18-10(17)5-19-11/h3-10H,2H2,1H3,(H,27,30,32);2-6H,1H3,(H2,17,18). The summed E-state index contributed by atoms with van der Waals surface area (Å²) in [6.07, 6.45) is -5.16. The van der Waals surface area contributed by atoms with Crippen molar-refractivity contribution in [3.05, 3.63) is 108 Å². The second-order valence-corrected chi connectivity index (χ2v) is 11.1. The number of anilines is 2. The third-order valence-corrected chi connectivity index (χ3v) is 7.49. The third-order valence-electron chi connectivity index (χ3n) is 7.49. The number of hydrogen-bond acceptors (Lipinski definition) is 10. The van der Waals surface area contributed by atoms with Crippen LogP contribution in [0.3, 0.4) is 0 Å². The number of aromatic nitrogens is 8. The van der Waals surface area contributed by atoms with Gasteiger partial charge in [0.15, 0.2) is 17.5 Å². The molecule has 0 saturated heterocycles. The molecule has 1 amide bonds. The average Bonchev–Trinajstić information content (AvgIpc) is 3.72. The molecule has 0 bridgehead atoms. The molecule has 0 saturated carbocycles. The van der Waals surface area contributed by atoms with Crippen molar-refractivity contribution < 1.29 is 49.4 Å². The van der Waals surface area contributed by atoms with Crippen LogP contribution < -0.4 is 20.5 Å². The van der Waals surface area contributed by atoms with Gasteiger partial charge in [0.25, 0.3) is 5.91 Å².